The van der Waals surface area contributed by atoms with Crippen LogP contribution in [0.1, 0.15) is 57.5 Å². The van der Waals surface area contributed by atoms with Crippen molar-refractivity contribution < 1.29 is 14.0 Å². The monoisotopic (exact) mass is 374 g/mol. The van der Waals surface area contributed by atoms with Crippen LogP contribution in [0.15, 0.2) is 22.8 Å². The fraction of sp³-hybridized carbons (Fsp3) is 0.571. The third-order valence-electron chi connectivity index (χ3n) is 1.87. The minimum Gasteiger partial charge on any atom is -0.460 e. The molecule has 0 aliphatic rings. The second kappa shape index (κ2) is 15.3. The number of hydrogen-bond donors (Lipinski definition) is 2. The minimum absolute atomic E-state index is 0. The Bertz CT molecular complexity index is 391. The van der Waals surface area contributed by atoms with Crippen LogP contribution in [0, 0.1) is 0 Å². The van der Waals surface area contributed by atoms with Crippen molar-refractivity contribution in [3.63, 3.8) is 0 Å². The van der Waals surface area contributed by atoms with Crippen molar-refractivity contribution in [2.45, 2.75) is 52.5 Å². The summed E-state index contributed by atoms with van der Waals surface area (Å²) in [6.45, 7) is 8.05. The molecule has 22 heavy (non-hydrogen) atoms. The summed E-state index contributed by atoms with van der Waals surface area (Å²) < 4.78 is 4.61. The zero-order valence-electron chi connectivity index (χ0n) is 13.3. The molecule has 5 nitrogen and oxygen atoms in total. The second-order valence-corrected chi connectivity index (χ2v) is 5.87. The third-order valence-corrected chi connectivity index (χ3v) is 2.25. The molecule has 1 heterocycles. The number of hydrazine groups is 1. The molecule has 3 N–H and O–H groups in total. The average Bonchev–Trinajstić information content (AvgIpc) is 2.91. The first-order valence-corrected chi connectivity index (χ1v) is 7.29. The summed E-state index contributed by atoms with van der Waals surface area (Å²) in [6, 6.07) is 3.12. The van der Waals surface area contributed by atoms with Crippen LogP contribution in [-0.2, 0) is 4.79 Å². The van der Waals surface area contributed by atoms with Gasteiger partial charge in [-0.05, 0) is 62.5 Å². The predicted molar refractivity (Wildman–Crippen MR) is 93.6 cm³/mol. The van der Waals surface area contributed by atoms with E-state index in [2.05, 4.69) is 9.84 Å². The quantitative estimate of drug-likeness (QED) is 0.466. The Kier molecular flexibility index (Phi) is 18.3. The number of rotatable bonds is 4. The van der Waals surface area contributed by atoms with E-state index >= 15 is 0 Å². The van der Waals surface area contributed by atoms with E-state index in [0.29, 0.717) is 6.42 Å². The summed E-state index contributed by atoms with van der Waals surface area (Å²) in [5, 5.41) is -0.781. The van der Waals surface area contributed by atoms with Gasteiger partial charge < -0.3 is 4.42 Å². The molecular weight excluding hydrogens is 351 g/mol. The molecule has 8 heteroatoms. The van der Waals surface area contributed by atoms with Crippen LogP contribution in [0.5, 0.6) is 0 Å². The van der Waals surface area contributed by atoms with Gasteiger partial charge in [0.15, 0.2) is 5.76 Å². The molecule has 0 atom stereocenters. The number of nitrogens with two attached hydrogens (primary N) is 1. The van der Waals surface area contributed by atoms with Gasteiger partial charge in [-0.15, -0.1) is 12.4 Å². The summed E-state index contributed by atoms with van der Waals surface area (Å²) in [5.74, 6) is 5.24. The fourth-order valence-electron chi connectivity index (χ4n) is 0.706. The van der Waals surface area contributed by atoms with Crippen LogP contribution < -0.4 is 11.3 Å². The lowest BCUT2D eigenvalue weighted by Crippen LogP contribution is -2.41. The summed E-state index contributed by atoms with van der Waals surface area (Å²) in [7, 11) is 0. The molecule has 0 unspecified atom stereocenters. The Morgan fingerprint density at radius 3 is 1.95 bits per heavy atom. The lowest BCUT2D eigenvalue weighted by Gasteiger charge is -2.14. The Labute approximate surface area is 148 Å². The van der Waals surface area contributed by atoms with Gasteiger partial charge in [0.2, 0.25) is 5.24 Å². The van der Waals surface area contributed by atoms with Crippen LogP contribution in [0.2, 0.25) is 0 Å². The topological polar surface area (TPSA) is 85.3 Å². The zero-order chi connectivity index (χ0) is 16.9. The first-order chi connectivity index (χ1) is 9.64. The maximum Gasteiger partial charge on any atom is 0.287 e. The van der Waals surface area contributed by atoms with Crippen molar-refractivity contribution in [2.75, 3.05) is 0 Å². The van der Waals surface area contributed by atoms with Crippen LogP contribution in [0.4, 0.5) is 0 Å². The number of halogens is 3. The smallest absolute Gasteiger partial charge is 0.287 e. The predicted octanol–water partition coefficient (Wildman–Crippen LogP) is 4.27. The molecule has 0 aromatic carbocycles. The number of carbonyl (C=O) groups is 2. The van der Waals surface area contributed by atoms with Crippen LogP contribution in [0.25, 0.3) is 0 Å². The number of unbranched alkanes of at least 4 members (excludes halogenated alkanes) is 1. The van der Waals surface area contributed by atoms with Gasteiger partial charge in [-0.1, -0.05) is 13.3 Å². The summed E-state index contributed by atoms with van der Waals surface area (Å²) >= 11 is 10.0. The van der Waals surface area contributed by atoms with E-state index in [-0.39, 0.29) is 28.9 Å². The van der Waals surface area contributed by atoms with Gasteiger partial charge in [-0.3, -0.25) is 20.9 Å². The van der Waals surface area contributed by atoms with E-state index in [9.17, 15) is 9.59 Å². The van der Waals surface area contributed by atoms with Gasteiger partial charge in [0.1, 0.15) is 0 Å². The first-order valence-electron chi connectivity index (χ1n) is 6.53. The molecule has 0 saturated carbocycles. The molecule has 0 fully saturated rings. The highest BCUT2D eigenvalue weighted by Crippen LogP contribution is 2.02. The van der Waals surface area contributed by atoms with Crippen molar-refractivity contribution in [3.05, 3.63) is 24.2 Å². The largest absolute Gasteiger partial charge is 0.460 e. The zero-order valence-corrected chi connectivity index (χ0v) is 15.6. The summed E-state index contributed by atoms with van der Waals surface area (Å²) in [6.07, 6.45) is 3.88. The van der Waals surface area contributed by atoms with E-state index in [4.69, 9.17) is 29.0 Å². The Morgan fingerprint density at radius 2 is 1.82 bits per heavy atom. The number of hydrogen-bond acceptors (Lipinski definition) is 5. The Morgan fingerprint density at radius 1 is 1.32 bits per heavy atom. The molecule has 0 spiro atoms. The van der Waals surface area contributed by atoms with E-state index in [1.165, 1.54) is 12.3 Å². The van der Waals surface area contributed by atoms with Gasteiger partial charge in [0.25, 0.3) is 5.24 Å². The molecule has 1 rings (SSSR count). The molecule has 1 aromatic rings. The van der Waals surface area contributed by atoms with Crippen LogP contribution in [0.3, 0.4) is 0 Å². The van der Waals surface area contributed by atoms with Gasteiger partial charge in [0.05, 0.1) is 6.26 Å². The fourth-order valence-corrected chi connectivity index (χ4v) is 0.947. The average molecular weight is 376 g/mol. The molecule has 0 aliphatic carbocycles. The lowest BCUT2D eigenvalue weighted by atomic mass is 10.1. The molecule has 0 radical (unpaired) electrons. The highest BCUT2D eigenvalue weighted by atomic mass is 35.5. The van der Waals surface area contributed by atoms with Gasteiger partial charge >= 0.3 is 0 Å². The Balaban J connectivity index is -0.000000244. The van der Waals surface area contributed by atoms with E-state index < -0.39 is 5.24 Å². The molecule has 0 saturated heterocycles. The van der Waals surface area contributed by atoms with Crippen molar-refractivity contribution in [1.82, 2.24) is 5.43 Å². The normalized spacial score (nSPS) is 9.41. The number of furan rings is 1. The minimum atomic E-state index is -0.560. The van der Waals surface area contributed by atoms with Gasteiger partial charge in [-0.2, -0.15) is 0 Å². The SMILES string of the molecule is CC(C)(C)NN.CCCCC(=O)Cl.Cl.O=C(Cl)c1ccco1. The lowest BCUT2D eigenvalue weighted by molar-refractivity contribution is -0.111. The van der Waals surface area contributed by atoms with Crippen LogP contribution >= 0.6 is 35.6 Å². The molecule has 1 aromatic heterocycles. The molecule has 0 bridgehead atoms. The number of nitrogens with one attached hydrogen (secondary N) is 1. The third kappa shape index (κ3) is 21.7. The second-order valence-electron chi connectivity index (χ2n) is 5.10. The summed E-state index contributed by atoms with van der Waals surface area (Å²) in [5.41, 5.74) is 2.67. The molecule has 0 aliphatic heterocycles. The molecule has 0 amide bonds. The van der Waals surface area contributed by atoms with Crippen LogP contribution in [-0.4, -0.2) is 16.0 Å². The van der Waals surface area contributed by atoms with Gasteiger partial charge in [0, 0.05) is 12.0 Å². The van der Waals surface area contributed by atoms with Crippen molar-refractivity contribution >= 4 is 46.1 Å². The molecule has 130 valence electrons. The van der Waals surface area contributed by atoms with E-state index in [1.807, 2.05) is 27.7 Å². The first kappa shape index (κ1) is 26.3. The maximum atomic E-state index is 10.2. The van der Waals surface area contributed by atoms with Crippen molar-refractivity contribution in [3.8, 4) is 0 Å². The van der Waals surface area contributed by atoms with E-state index in [0.717, 1.165) is 12.8 Å². The van der Waals surface area contributed by atoms with E-state index in [1.54, 1.807) is 6.07 Å². The Hall–Kier alpha value is -0.590. The standard InChI is InChI=1S/C5H3ClO2.C5H9ClO.C4H12N2.ClH/c6-5(7)4-2-1-3-8-4;1-2-3-4-5(6)7;1-4(2,3)6-5;/h1-3H;2-4H2,1H3;6H,5H2,1-3H3;1H. The van der Waals surface area contributed by atoms with Crippen molar-refractivity contribution in [2.24, 2.45) is 5.84 Å². The highest BCUT2D eigenvalue weighted by molar-refractivity contribution is 6.67. The van der Waals surface area contributed by atoms with Crippen molar-refractivity contribution in [1.29, 1.82) is 0 Å². The molecular formula is C14H25Cl3N2O3. The maximum absolute atomic E-state index is 10.2. The number of carbonyl (C=O) groups excluding carboxylic acids is 2. The summed E-state index contributed by atoms with van der Waals surface area (Å²) in [4.78, 5) is 20.1. The highest BCUT2D eigenvalue weighted by Gasteiger charge is 2.02. The van der Waals surface area contributed by atoms with Gasteiger partial charge in [-0.25, -0.2) is 0 Å².